The summed E-state index contributed by atoms with van der Waals surface area (Å²) < 4.78 is 2.16. The van der Waals surface area contributed by atoms with Gasteiger partial charge in [0.1, 0.15) is 0 Å². The third-order valence-corrected chi connectivity index (χ3v) is 4.62. The van der Waals surface area contributed by atoms with Gasteiger partial charge in [-0.1, -0.05) is 31.5 Å². The number of fused-ring (bicyclic) bond motifs is 1. The number of aryl methyl sites for hydroxylation is 1. The molecule has 1 unspecified atom stereocenters. The predicted octanol–water partition coefficient (Wildman–Crippen LogP) is 4.44. The van der Waals surface area contributed by atoms with Crippen molar-refractivity contribution in [1.29, 1.82) is 0 Å². The van der Waals surface area contributed by atoms with E-state index in [1.807, 2.05) is 31.3 Å². The van der Waals surface area contributed by atoms with Crippen molar-refractivity contribution in [3.05, 3.63) is 52.3 Å². The number of hydrogen-bond acceptors (Lipinski definition) is 1. The minimum Gasteiger partial charge on any atom is -0.388 e. The molecule has 0 aliphatic heterocycles. The van der Waals surface area contributed by atoms with E-state index in [1.54, 1.807) is 0 Å². The van der Waals surface area contributed by atoms with E-state index in [-0.39, 0.29) is 11.5 Å². The number of hydrogen-bond donors (Lipinski definition) is 1. The molecular weight excluding hydrogens is 270 g/mol. The molecule has 0 bridgehead atoms. The predicted molar refractivity (Wildman–Crippen MR) is 82.6 cm³/mol. The van der Waals surface area contributed by atoms with Crippen LogP contribution >= 0.6 is 11.6 Å². The summed E-state index contributed by atoms with van der Waals surface area (Å²) in [6, 6.07) is 8.14. The maximum Gasteiger partial charge on any atom is 0.0812 e. The maximum atomic E-state index is 10.3. The average Bonchev–Trinajstić information content (AvgIpc) is 2.75. The standard InChI is InChI=1S/C17H20ClNO/c1-11-4-5-12(8-14(11)18)19-7-6-13-15(19)9-17(2,3)10-16(13)20/h4-8,16,20H,9-10H2,1-3H3. The van der Waals surface area contributed by atoms with Crippen molar-refractivity contribution in [3.8, 4) is 5.69 Å². The molecule has 0 saturated carbocycles. The SMILES string of the molecule is Cc1ccc(-n2ccc3c2CC(C)(C)CC3O)cc1Cl. The lowest BCUT2D eigenvalue weighted by Crippen LogP contribution is -2.26. The van der Waals surface area contributed by atoms with Crippen LogP contribution in [0.3, 0.4) is 0 Å². The number of halogens is 1. The van der Waals surface area contributed by atoms with E-state index in [0.717, 1.165) is 34.7 Å². The first-order valence-corrected chi connectivity index (χ1v) is 7.40. The Kier molecular flexibility index (Phi) is 3.19. The van der Waals surface area contributed by atoms with E-state index in [4.69, 9.17) is 11.6 Å². The van der Waals surface area contributed by atoms with Gasteiger partial charge in [0.2, 0.25) is 0 Å². The first-order valence-electron chi connectivity index (χ1n) is 7.02. The molecule has 1 aromatic carbocycles. The molecule has 0 spiro atoms. The molecule has 2 aromatic rings. The molecule has 1 aromatic heterocycles. The van der Waals surface area contributed by atoms with E-state index in [0.29, 0.717) is 0 Å². The molecule has 20 heavy (non-hydrogen) atoms. The summed E-state index contributed by atoms with van der Waals surface area (Å²) in [6.45, 7) is 6.42. The van der Waals surface area contributed by atoms with Crippen molar-refractivity contribution in [2.75, 3.05) is 0 Å². The Labute approximate surface area is 125 Å². The van der Waals surface area contributed by atoms with Crippen molar-refractivity contribution in [2.24, 2.45) is 5.41 Å². The van der Waals surface area contributed by atoms with Gasteiger partial charge in [-0.15, -0.1) is 0 Å². The summed E-state index contributed by atoms with van der Waals surface area (Å²) in [4.78, 5) is 0. The Balaban J connectivity index is 2.10. The second-order valence-corrected chi connectivity index (χ2v) is 6.99. The van der Waals surface area contributed by atoms with Crippen LogP contribution in [0.5, 0.6) is 0 Å². The molecule has 0 amide bonds. The molecule has 0 saturated heterocycles. The fourth-order valence-electron chi connectivity index (χ4n) is 3.10. The molecule has 1 heterocycles. The van der Waals surface area contributed by atoms with Crippen LogP contribution in [0.2, 0.25) is 5.02 Å². The van der Waals surface area contributed by atoms with Crippen molar-refractivity contribution in [3.63, 3.8) is 0 Å². The Morgan fingerprint density at radius 1 is 1.30 bits per heavy atom. The fourth-order valence-corrected chi connectivity index (χ4v) is 3.28. The molecule has 1 aliphatic carbocycles. The third-order valence-electron chi connectivity index (χ3n) is 4.21. The van der Waals surface area contributed by atoms with Gasteiger partial charge in [-0.25, -0.2) is 0 Å². The third kappa shape index (κ3) is 2.27. The molecule has 0 radical (unpaired) electrons. The van der Waals surface area contributed by atoms with Crippen LogP contribution in [0.4, 0.5) is 0 Å². The number of rotatable bonds is 1. The van der Waals surface area contributed by atoms with E-state index >= 15 is 0 Å². The van der Waals surface area contributed by atoms with Crippen LogP contribution in [0.1, 0.15) is 43.2 Å². The number of aromatic nitrogens is 1. The lowest BCUT2D eigenvalue weighted by atomic mass is 9.75. The van der Waals surface area contributed by atoms with Gasteiger partial charge in [-0.05, 0) is 48.9 Å². The smallest absolute Gasteiger partial charge is 0.0812 e. The average molecular weight is 290 g/mol. The summed E-state index contributed by atoms with van der Waals surface area (Å²) >= 11 is 6.24. The molecule has 1 atom stereocenters. The van der Waals surface area contributed by atoms with Crippen LogP contribution in [0.25, 0.3) is 5.69 Å². The summed E-state index contributed by atoms with van der Waals surface area (Å²) in [7, 11) is 0. The lowest BCUT2D eigenvalue weighted by Gasteiger charge is -2.34. The van der Waals surface area contributed by atoms with Gasteiger partial charge in [0.15, 0.2) is 0 Å². The van der Waals surface area contributed by atoms with E-state index in [2.05, 4.69) is 24.5 Å². The number of benzene rings is 1. The van der Waals surface area contributed by atoms with E-state index < -0.39 is 0 Å². The van der Waals surface area contributed by atoms with Crippen molar-refractivity contribution in [2.45, 2.75) is 39.7 Å². The van der Waals surface area contributed by atoms with Crippen molar-refractivity contribution >= 4 is 11.6 Å². The summed E-state index contributed by atoms with van der Waals surface area (Å²) in [5.41, 5.74) is 4.52. The van der Waals surface area contributed by atoms with Gasteiger partial charge in [-0.3, -0.25) is 0 Å². The fraction of sp³-hybridized carbons (Fsp3) is 0.412. The Morgan fingerprint density at radius 3 is 2.75 bits per heavy atom. The van der Waals surface area contributed by atoms with Gasteiger partial charge in [0.05, 0.1) is 6.10 Å². The van der Waals surface area contributed by atoms with Gasteiger partial charge in [-0.2, -0.15) is 0 Å². The number of aliphatic hydroxyl groups is 1. The largest absolute Gasteiger partial charge is 0.388 e. The van der Waals surface area contributed by atoms with Crippen molar-refractivity contribution < 1.29 is 5.11 Å². The highest BCUT2D eigenvalue weighted by Crippen LogP contribution is 2.41. The monoisotopic (exact) mass is 289 g/mol. The molecule has 106 valence electrons. The minimum atomic E-state index is -0.365. The molecule has 3 heteroatoms. The van der Waals surface area contributed by atoms with Gasteiger partial charge in [0.25, 0.3) is 0 Å². The van der Waals surface area contributed by atoms with Gasteiger partial charge >= 0.3 is 0 Å². The van der Waals surface area contributed by atoms with Crippen LogP contribution < -0.4 is 0 Å². The minimum absolute atomic E-state index is 0.122. The Hall–Kier alpha value is -1.25. The Bertz CT molecular complexity index is 657. The maximum absolute atomic E-state index is 10.3. The summed E-state index contributed by atoms with van der Waals surface area (Å²) in [5, 5.41) is 11.1. The molecule has 3 rings (SSSR count). The molecule has 1 N–H and O–H groups in total. The Morgan fingerprint density at radius 2 is 2.05 bits per heavy atom. The number of nitrogens with zero attached hydrogens (tertiary/aromatic N) is 1. The van der Waals surface area contributed by atoms with Crippen LogP contribution in [-0.2, 0) is 6.42 Å². The molecule has 1 aliphatic rings. The first-order chi connectivity index (χ1) is 9.37. The van der Waals surface area contributed by atoms with Crippen LogP contribution in [0, 0.1) is 12.3 Å². The van der Waals surface area contributed by atoms with Gasteiger partial charge in [0, 0.05) is 28.2 Å². The van der Waals surface area contributed by atoms with Crippen LogP contribution in [0.15, 0.2) is 30.5 Å². The zero-order chi connectivity index (χ0) is 14.5. The quantitative estimate of drug-likeness (QED) is 0.824. The number of aliphatic hydroxyl groups excluding tert-OH is 1. The zero-order valence-corrected chi connectivity index (χ0v) is 12.9. The highest BCUT2D eigenvalue weighted by Gasteiger charge is 2.33. The molecule has 2 nitrogen and oxygen atoms in total. The highest BCUT2D eigenvalue weighted by atomic mass is 35.5. The summed E-state index contributed by atoms with van der Waals surface area (Å²) in [6.07, 6.45) is 3.46. The normalized spacial score (nSPS) is 20.8. The second kappa shape index (κ2) is 4.64. The lowest BCUT2D eigenvalue weighted by molar-refractivity contribution is 0.0987. The summed E-state index contributed by atoms with van der Waals surface area (Å²) in [5.74, 6) is 0. The van der Waals surface area contributed by atoms with Crippen LogP contribution in [-0.4, -0.2) is 9.67 Å². The topological polar surface area (TPSA) is 25.2 Å². The zero-order valence-electron chi connectivity index (χ0n) is 12.2. The van der Waals surface area contributed by atoms with Gasteiger partial charge < -0.3 is 9.67 Å². The molecular formula is C17H20ClNO. The first kappa shape index (κ1) is 13.7. The molecule has 0 fully saturated rings. The highest BCUT2D eigenvalue weighted by molar-refractivity contribution is 6.31. The van der Waals surface area contributed by atoms with Crippen molar-refractivity contribution in [1.82, 2.24) is 4.57 Å². The van der Waals surface area contributed by atoms with E-state index in [1.165, 1.54) is 5.69 Å². The van der Waals surface area contributed by atoms with E-state index in [9.17, 15) is 5.11 Å². The second-order valence-electron chi connectivity index (χ2n) is 6.58.